The summed E-state index contributed by atoms with van der Waals surface area (Å²) in [6.07, 6.45) is 0. The van der Waals surface area contributed by atoms with E-state index < -0.39 is 13.0 Å². The second kappa shape index (κ2) is 7.00. The van der Waals surface area contributed by atoms with E-state index in [1.54, 1.807) is 13.8 Å². The lowest BCUT2D eigenvalue weighted by molar-refractivity contribution is 0.0951. The average molecular weight is 335 g/mol. The maximum atomic E-state index is 12.2. The van der Waals surface area contributed by atoms with E-state index in [0.29, 0.717) is 5.56 Å². The second-order valence-electron chi connectivity index (χ2n) is 5.27. The number of hydrogen-bond acceptors (Lipinski definition) is 4. The summed E-state index contributed by atoms with van der Waals surface area (Å²) in [6, 6.07) is 5.92. The number of carbonyl (C=O) groups excluding carboxylic acids is 1. The van der Waals surface area contributed by atoms with Gasteiger partial charge in [-0.25, -0.2) is 0 Å². The maximum absolute atomic E-state index is 12.2. The first kappa shape index (κ1) is 17.3. The normalized spacial score (nSPS) is 10.5. The highest BCUT2D eigenvalue weighted by Crippen LogP contribution is 2.10. The molecule has 1 aromatic heterocycles. The van der Waals surface area contributed by atoms with Crippen molar-refractivity contribution >= 4 is 30.1 Å². The van der Waals surface area contributed by atoms with Crippen LogP contribution in [0.2, 0.25) is 5.02 Å². The van der Waals surface area contributed by atoms with Crippen LogP contribution in [0, 0.1) is 13.8 Å². The molecular formula is C15H16BClN2O4. The van der Waals surface area contributed by atoms with Gasteiger partial charge in [0.15, 0.2) is 0 Å². The first-order valence-corrected chi connectivity index (χ1v) is 7.30. The molecule has 0 spiro atoms. The fourth-order valence-electron chi connectivity index (χ4n) is 2.26. The molecular weight excluding hydrogens is 318 g/mol. The zero-order valence-electron chi connectivity index (χ0n) is 12.7. The molecule has 0 saturated heterocycles. The van der Waals surface area contributed by atoms with E-state index in [0.717, 1.165) is 11.3 Å². The number of aryl methyl sites for hydroxylation is 2. The minimum Gasteiger partial charge on any atom is -0.423 e. The third-order valence-corrected chi connectivity index (χ3v) is 3.62. The molecule has 0 unspecified atom stereocenters. The Morgan fingerprint density at radius 1 is 1.26 bits per heavy atom. The van der Waals surface area contributed by atoms with Crippen LogP contribution in [0.25, 0.3) is 0 Å². The first-order valence-electron chi connectivity index (χ1n) is 6.92. The number of pyridine rings is 1. The van der Waals surface area contributed by atoms with Gasteiger partial charge < -0.3 is 20.3 Å². The zero-order chi connectivity index (χ0) is 17.1. The molecule has 0 fully saturated rings. The molecule has 1 aromatic carbocycles. The molecule has 0 radical (unpaired) electrons. The minimum atomic E-state index is -1.72. The molecule has 2 rings (SSSR count). The third-order valence-electron chi connectivity index (χ3n) is 3.40. The van der Waals surface area contributed by atoms with Crippen LogP contribution < -0.4 is 16.3 Å². The van der Waals surface area contributed by atoms with Gasteiger partial charge in [0.05, 0.1) is 0 Å². The molecule has 0 bridgehead atoms. The molecule has 0 saturated carbocycles. The summed E-state index contributed by atoms with van der Waals surface area (Å²) in [5.74, 6) is -0.464. The number of aromatic nitrogens is 1. The van der Waals surface area contributed by atoms with E-state index in [4.69, 9.17) is 11.6 Å². The predicted octanol–water partition coefficient (Wildman–Crippen LogP) is 0.255. The van der Waals surface area contributed by atoms with Crippen molar-refractivity contribution in [2.24, 2.45) is 0 Å². The van der Waals surface area contributed by atoms with Gasteiger partial charge >= 0.3 is 7.12 Å². The molecule has 0 aliphatic heterocycles. The summed E-state index contributed by atoms with van der Waals surface area (Å²) in [5, 5.41) is 21.2. The smallest absolute Gasteiger partial charge is 0.423 e. The molecule has 2 aromatic rings. The van der Waals surface area contributed by atoms with Gasteiger partial charge in [0.1, 0.15) is 0 Å². The molecule has 0 aliphatic rings. The summed E-state index contributed by atoms with van der Waals surface area (Å²) >= 11 is 5.87. The van der Waals surface area contributed by atoms with Crippen LogP contribution >= 0.6 is 11.6 Å². The van der Waals surface area contributed by atoms with Gasteiger partial charge in [-0.3, -0.25) is 9.59 Å². The van der Waals surface area contributed by atoms with Crippen molar-refractivity contribution in [2.75, 3.05) is 0 Å². The third kappa shape index (κ3) is 4.22. The quantitative estimate of drug-likeness (QED) is 0.602. The monoisotopic (exact) mass is 334 g/mol. The predicted molar refractivity (Wildman–Crippen MR) is 89.0 cm³/mol. The molecule has 120 valence electrons. The fraction of sp³-hybridized carbons (Fsp3) is 0.200. The number of H-pyrrole nitrogens is 1. The largest absolute Gasteiger partial charge is 0.488 e. The fourth-order valence-corrected chi connectivity index (χ4v) is 2.51. The standard InChI is InChI=1S/C15H16BClN2O4/c1-8-3-9(2)19-15(21)13(8)7-18-14(20)10-4-11(16(22)23)6-12(17)5-10/h3-6,22-23H,7H2,1-2H3,(H,18,20)(H,19,21). The number of benzene rings is 1. The second-order valence-corrected chi connectivity index (χ2v) is 5.71. The molecule has 8 heteroatoms. The number of aromatic amines is 1. The van der Waals surface area contributed by atoms with Gasteiger partial charge in [0.25, 0.3) is 11.5 Å². The topological polar surface area (TPSA) is 102 Å². The number of rotatable bonds is 4. The lowest BCUT2D eigenvalue weighted by atomic mass is 9.79. The first-order chi connectivity index (χ1) is 10.8. The van der Waals surface area contributed by atoms with Gasteiger partial charge in [0.2, 0.25) is 0 Å². The van der Waals surface area contributed by atoms with Crippen molar-refractivity contribution in [1.29, 1.82) is 0 Å². The van der Waals surface area contributed by atoms with Crippen LogP contribution in [0.15, 0.2) is 29.1 Å². The van der Waals surface area contributed by atoms with Crippen molar-refractivity contribution < 1.29 is 14.8 Å². The van der Waals surface area contributed by atoms with Crippen molar-refractivity contribution in [1.82, 2.24) is 10.3 Å². The molecule has 4 N–H and O–H groups in total. The van der Waals surface area contributed by atoms with Crippen molar-refractivity contribution in [3.05, 3.63) is 62.0 Å². The number of carbonyl (C=O) groups is 1. The Balaban J connectivity index is 2.19. The number of nitrogens with one attached hydrogen (secondary N) is 2. The number of halogens is 1. The summed E-state index contributed by atoms with van der Waals surface area (Å²) < 4.78 is 0. The van der Waals surface area contributed by atoms with Gasteiger partial charge in [-0.15, -0.1) is 0 Å². The Morgan fingerprint density at radius 2 is 1.96 bits per heavy atom. The molecule has 1 amide bonds. The van der Waals surface area contributed by atoms with E-state index in [-0.39, 0.29) is 28.2 Å². The van der Waals surface area contributed by atoms with E-state index in [2.05, 4.69) is 10.3 Å². The highest BCUT2D eigenvalue weighted by molar-refractivity contribution is 6.59. The van der Waals surface area contributed by atoms with E-state index in [1.165, 1.54) is 18.2 Å². The van der Waals surface area contributed by atoms with Crippen molar-refractivity contribution in [2.45, 2.75) is 20.4 Å². The van der Waals surface area contributed by atoms with Gasteiger partial charge in [-0.05, 0) is 49.1 Å². The summed E-state index contributed by atoms with van der Waals surface area (Å²) in [5.41, 5.74) is 2.05. The Bertz CT molecular complexity index is 805. The highest BCUT2D eigenvalue weighted by atomic mass is 35.5. The summed E-state index contributed by atoms with van der Waals surface area (Å²) in [4.78, 5) is 26.8. The minimum absolute atomic E-state index is 0.0593. The summed E-state index contributed by atoms with van der Waals surface area (Å²) in [6.45, 7) is 3.64. The van der Waals surface area contributed by atoms with Crippen LogP contribution in [0.1, 0.15) is 27.2 Å². The van der Waals surface area contributed by atoms with Crippen molar-refractivity contribution in [3.63, 3.8) is 0 Å². The van der Waals surface area contributed by atoms with Gasteiger partial charge in [-0.2, -0.15) is 0 Å². The Labute approximate surface area is 138 Å². The van der Waals surface area contributed by atoms with Gasteiger partial charge in [0, 0.05) is 28.4 Å². The van der Waals surface area contributed by atoms with Crippen molar-refractivity contribution in [3.8, 4) is 0 Å². The maximum Gasteiger partial charge on any atom is 0.488 e. The van der Waals surface area contributed by atoms with Gasteiger partial charge in [-0.1, -0.05) is 11.6 Å². The van der Waals surface area contributed by atoms with E-state index in [1.807, 2.05) is 6.07 Å². The SMILES string of the molecule is Cc1cc(C)c(CNC(=O)c2cc(Cl)cc(B(O)O)c2)c(=O)[nH]1. The molecule has 23 heavy (non-hydrogen) atoms. The Morgan fingerprint density at radius 3 is 2.57 bits per heavy atom. The van der Waals surface area contributed by atoms with Crippen LogP contribution in [0.3, 0.4) is 0 Å². The zero-order valence-corrected chi connectivity index (χ0v) is 13.4. The molecule has 0 atom stereocenters. The van der Waals surface area contributed by atoms with Crippen LogP contribution in [-0.4, -0.2) is 28.1 Å². The number of hydrogen-bond donors (Lipinski definition) is 4. The Hall–Kier alpha value is -2.09. The van der Waals surface area contributed by atoms with Crippen LogP contribution in [0.5, 0.6) is 0 Å². The van der Waals surface area contributed by atoms with Crippen LogP contribution in [0.4, 0.5) is 0 Å². The van der Waals surface area contributed by atoms with E-state index in [9.17, 15) is 19.6 Å². The molecule has 6 nitrogen and oxygen atoms in total. The molecule has 0 aliphatic carbocycles. The average Bonchev–Trinajstić information content (AvgIpc) is 2.45. The number of amides is 1. The van der Waals surface area contributed by atoms with Crippen LogP contribution in [-0.2, 0) is 6.54 Å². The van der Waals surface area contributed by atoms with E-state index >= 15 is 0 Å². The summed E-state index contributed by atoms with van der Waals surface area (Å²) in [7, 11) is -1.72. The lowest BCUT2D eigenvalue weighted by Gasteiger charge is -2.09. The molecule has 1 heterocycles. The Kier molecular flexibility index (Phi) is 5.25. The lowest BCUT2D eigenvalue weighted by Crippen LogP contribution is -2.32. The highest BCUT2D eigenvalue weighted by Gasteiger charge is 2.16.